The zero-order valence-corrected chi connectivity index (χ0v) is 6.76. The van der Waals surface area contributed by atoms with E-state index in [1.165, 1.54) is 0 Å². The van der Waals surface area contributed by atoms with E-state index in [1.807, 2.05) is 6.07 Å². The molecule has 0 amide bonds. The molecule has 0 bridgehead atoms. The van der Waals surface area contributed by atoms with Crippen molar-refractivity contribution in [3.8, 4) is 6.07 Å². The molecule has 11 heavy (non-hydrogen) atoms. The predicted octanol–water partition coefficient (Wildman–Crippen LogP) is 1.60. The van der Waals surface area contributed by atoms with Crippen molar-refractivity contribution in [2.75, 3.05) is 0 Å². The first-order chi connectivity index (χ1) is 5.24. The molecule has 1 N–H and O–H groups in total. The van der Waals surface area contributed by atoms with Gasteiger partial charge in [-0.05, 0) is 5.92 Å². The molecule has 0 saturated heterocycles. The summed E-state index contributed by atoms with van der Waals surface area (Å²) in [4.78, 5) is 7.13. The molecule has 58 valence electrons. The minimum Gasteiger partial charge on any atom is -0.345 e. The summed E-state index contributed by atoms with van der Waals surface area (Å²) in [7, 11) is 0. The molecule has 0 atom stereocenters. The first kappa shape index (κ1) is 7.80. The van der Waals surface area contributed by atoms with Gasteiger partial charge in [-0.1, -0.05) is 13.8 Å². The maximum Gasteiger partial charge on any atom is 0.120 e. The normalized spacial score (nSPS) is 10.0. The van der Waals surface area contributed by atoms with Gasteiger partial charge in [-0.3, -0.25) is 0 Å². The second-order valence-electron chi connectivity index (χ2n) is 2.77. The molecule has 0 aliphatic carbocycles. The molecule has 3 heteroatoms. The van der Waals surface area contributed by atoms with Gasteiger partial charge in [0, 0.05) is 11.9 Å². The average Bonchev–Trinajstić information content (AvgIpc) is 2.37. The van der Waals surface area contributed by atoms with Crippen molar-refractivity contribution in [1.29, 1.82) is 5.26 Å². The molecule has 0 spiro atoms. The van der Waals surface area contributed by atoms with Crippen LogP contribution < -0.4 is 0 Å². The number of nitrogens with zero attached hydrogens (tertiary/aromatic N) is 2. The Balaban J connectivity index is 2.75. The van der Waals surface area contributed by atoms with Crippen molar-refractivity contribution in [2.24, 2.45) is 0 Å². The SMILES string of the molecule is CC(C)c1cnc(CC#N)[nH]1. The van der Waals surface area contributed by atoms with Crippen molar-refractivity contribution in [3.63, 3.8) is 0 Å². The predicted molar refractivity (Wildman–Crippen MR) is 42.0 cm³/mol. The van der Waals surface area contributed by atoms with E-state index in [9.17, 15) is 0 Å². The maximum atomic E-state index is 8.36. The van der Waals surface area contributed by atoms with Crippen LogP contribution in [0, 0.1) is 11.3 Å². The monoisotopic (exact) mass is 149 g/mol. The Kier molecular flexibility index (Phi) is 2.27. The molecule has 0 aromatic carbocycles. The van der Waals surface area contributed by atoms with Crippen molar-refractivity contribution >= 4 is 0 Å². The summed E-state index contributed by atoms with van der Waals surface area (Å²) in [6.07, 6.45) is 2.16. The van der Waals surface area contributed by atoms with Crippen molar-refractivity contribution in [1.82, 2.24) is 9.97 Å². The fourth-order valence-electron chi connectivity index (χ4n) is 0.837. The van der Waals surface area contributed by atoms with Gasteiger partial charge in [0.15, 0.2) is 0 Å². The Morgan fingerprint density at radius 2 is 2.45 bits per heavy atom. The Morgan fingerprint density at radius 3 is 2.91 bits per heavy atom. The van der Waals surface area contributed by atoms with Gasteiger partial charge in [0.05, 0.1) is 12.5 Å². The van der Waals surface area contributed by atoms with Gasteiger partial charge in [0.2, 0.25) is 0 Å². The van der Waals surface area contributed by atoms with Crippen LogP contribution in [0.2, 0.25) is 0 Å². The summed E-state index contributed by atoms with van der Waals surface area (Å²) in [5.74, 6) is 1.21. The number of imidazole rings is 1. The van der Waals surface area contributed by atoms with Gasteiger partial charge in [0.25, 0.3) is 0 Å². The Morgan fingerprint density at radius 1 is 1.73 bits per heavy atom. The third-order valence-electron chi connectivity index (χ3n) is 1.52. The lowest BCUT2D eigenvalue weighted by molar-refractivity contribution is 0.826. The molecule has 0 fully saturated rings. The topological polar surface area (TPSA) is 52.5 Å². The molecule has 1 heterocycles. The Bertz CT molecular complexity index is 267. The molecular weight excluding hydrogens is 138 g/mol. The minimum absolute atomic E-state index is 0.368. The lowest BCUT2D eigenvalue weighted by atomic mass is 10.2. The lowest BCUT2D eigenvalue weighted by Crippen LogP contribution is -1.88. The van der Waals surface area contributed by atoms with Gasteiger partial charge in [-0.15, -0.1) is 0 Å². The summed E-state index contributed by atoms with van der Waals surface area (Å²) in [5, 5.41) is 8.36. The first-order valence-corrected chi connectivity index (χ1v) is 3.64. The molecule has 1 aromatic rings. The molecule has 0 aliphatic heterocycles. The molecule has 1 aromatic heterocycles. The van der Waals surface area contributed by atoms with Crippen LogP contribution in [0.3, 0.4) is 0 Å². The van der Waals surface area contributed by atoms with Crippen LogP contribution in [0.5, 0.6) is 0 Å². The molecule has 1 rings (SSSR count). The van der Waals surface area contributed by atoms with Crippen LogP contribution in [0.4, 0.5) is 0 Å². The standard InChI is InChI=1S/C8H11N3/c1-6(2)7-5-10-8(11-7)3-4-9/h5-6H,3H2,1-2H3,(H,10,11). The number of aromatic nitrogens is 2. The Hall–Kier alpha value is -1.30. The maximum absolute atomic E-state index is 8.36. The number of nitrogens with one attached hydrogen (secondary N) is 1. The quantitative estimate of drug-likeness (QED) is 0.694. The summed E-state index contributed by atoms with van der Waals surface area (Å²) in [6.45, 7) is 4.17. The highest BCUT2D eigenvalue weighted by atomic mass is 14.9. The van der Waals surface area contributed by atoms with E-state index in [2.05, 4.69) is 23.8 Å². The van der Waals surface area contributed by atoms with Gasteiger partial charge < -0.3 is 4.98 Å². The smallest absolute Gasteiger partial charge is 0.120 e. The summed E-state index contributed by atoms with van der Waals surface area (Å²) >= 11 is 0. The number of rotatable bonds is 2. The molecule has 0 aliphatic rings. The van der Waals surface area contributed by atoms with Crippen LogP contribution in [-0.2, 0) is 6.42 Å². The van der Waals surface area contributed by atoms with Crippen molar-refractivity contribution in [3.05, 3.63) is 17.7 Å². The molecular formula is C8H11N3. The van der Waals surface area contributed by atoms with Crippen LogP contribution in [0.15, 0.2) is 6.20 Å². The molecule has 3 nitrogen and oxygen atoms in total. The summed E-state index contributed by atoms with van der Waals surface area (Å²) < 4.78 is 0. The minimum atomic E-state index is 0.368. The number of nitriles is 1. The fourth-order valence-corrected chi connectivity index (χ4v) is 0.837. The highest BCUT2D eigenvalue weighted by Gasteiger charge is 2.02. The second-order valence-corrected chi connectivity index (χ2v) is 2.77. The number of H-pyrrole nitrogens is 1. The van der Waals surface area contributed by atoms with Crippen LogP contribution in [-0.4, -0.2) is 9.97 Å². The van der Waals surface area contributed by atoms with Crippen molar-refractivity contribution < 1.29 is 0 Å². The average molecular weight is 149 g/mol. The second kappa shape index (κ2) is 3.20. The van der Waals surface area contributed by atoms with E-state index in [4.69, 9.17) is 5.26 Å². The van der Waals surface area contributed by atoms with Crippen LogP contribution in [0.1, 0.15) is 31.3 Å². The third kappa shape index (κ3) is 1.81. The van der Waals surface area contributed by atoms with Gasteiger partial charge in [0.1, 0.15) is 5.82 Å². The Labute approximate surface area is 66.1 Å². The van der Waals surface area contributed by atoms with E-state index in [0.717, 1.165) is 11.5 Å². The number of hydrogen-bond acceptors (Lipinski definition) is 2. The molecule has 0 saturated carbocycles. The summed E-state index contributed by atoms with van der Waals surface area (Å²) in [5.41, 5.74) is 1.09. The number of hydrogen-bond donors (Lipinski definition) is 1. The highest BCUT2D eigenvalue weighted by Crippen LogP contribution is 2.10. The van der Waals surface area contributed by atoms with Crippen molar-refractivity contribution in [2.45, 2.75) is 26.2 Å². The van der Waals surface area contributed by atoms with E-state index in [0.29, 0.717) is 12.3 Å². The largest absolute Gasteiger partial charge is 0.345 e. The lowest BCUT2D eigenvalue weighted by Gasteiger charge is -1.97. The van der Waals surface area contributed by atoms with E-state index >= 15 is 0 Å². The third-order valence-corrected chi connectivity index (χ3v) is 1.52. The highest BCUT2D eigenvalue weighted by molar-refractivity contribution is 5.07. The van der Waals surface area contributed by atoms with Crippen LogP contribution >= 0.6 is 0 Å². The van der Waals surface area contributed by atoms with E-state index in [-0.39, 0.29) is 0 Å². The fraction of sp³-hybridized carbons (Fsp3) is 0.500. The van der Waals surface area contributed by atoms with Gasteiger partial charge in [-0.25, -0.2) is 4.98 Å². The zero-order chi connectivity index (χ0) is 8.27. The molecule has 0 radical (unpaired) electrons. The van der Waals surface area contributed by atoms with E-state index in [1.54, 1.807) is 6.20 Å². The van der Waals surface area contributed by atoms with Crippen LogP contribution in [0.25, 0.3) is 0 Å². The molecule has 0 unspecified atom stereocenters. The van der Waals surface area contributed by atoms with E-state index < -0.39 is 0 Å². The first-order valence-electron chi connectivity index (χ1n) is 3.64. The summed E-state index contributed by atoms with van der Waals surface area (Å²) in [6, 6.07) is 2.04. The zero-order valence-electron chi connectivity index (χ0n) is 6.76. The van der Waals surface area contributed by atoms with Gasteiger partial charge >= 0.3 is 0 Å². The number of aromatic amines is 1. The van der Waals surface area contributed by atoms with Gasteiger partial charge in [-0.2, -0.15) is 5.26 Å².